The number of ether oxygens (including phenoxy) is 2. The summed E-state index contributed by atoms with van der Waals surface area (Å²) in [6.45, 7) is 24.3. The Bertz CT molecular complexity index is 1010. The first kappa shape index (κ1) is 33.3. The maximum Gasteiger partial charge on any atom is 0.312 e. The van der Waals surface area contributed by atoms with E-state index in [9.17, 15) is 19.5 Å². The van der Waals surface area contributed by atoms with Gasteiger partial charge in [0.05, 0.1) is 30.8 Å². The van der Waals surface area contributed by atoms with Gasteiger partial charge in [0.1, 0.15) is 17.6 Å². The van der Waals surface area contributed by atoms with Gasteiger partial charge in [-0.1, -0.05) is 46.8 Å². The van der Waals surface area contributed by atoms with Gasteiger partial charge < -0.3 is 24.4 Å². The van der Waals surface area contributed by atoms with E-state index in [-0.39, 0.29) is 36.4 Å². The van der Waals surface area contributed by atoms with Crippen LogP contribution in [0.4, 0.5) is 0 Å². The molecule has 0 saturated carbocycles. The Labute approximate surface area is 247 Å². The third-order valence-electron chi connectivity index (χ3n) is 9.63. The molecule has 1 N–H and O–H groups in total. The molecular formula is C33H54N2O6. The van der Waals surface area contributed by atoms with Crippen molar-refractivity contribution < 1.29 is 29.0 Å². The average Bonchev–Trinajstić information content (AvgIpc) is 3.38. The van der Waals surface area contributed by atoms with Gasteiger partial charge in [0.2, 0.25) is 11.8 Å². The molecule has 232 valence electrons. The number of likely N-dealkylation sites (tertiary alicyclic amines) is 1. The van der Waals surface area contributed by atoms with E-state index in [0.29, 0.717) is 25.8 Å². The maximum atomic E-state index is 14.8. The number of esters is 1. The summed E-state index contributed by atoms with van der Waals surface area (Å²) in [4.78, 5) is 46.3. The minimum atomic E-state index is -1.19. The standard InChI is InChI=1S/C33H54N2O6/c1-11-14-15-16-18-40-29(39)25-24-27(37)35(23(13-3)20-36)26(33(24)19-22(4)32(25,10)41-33)28(38)34(17-12-2)31(8,9)21-30(5,6)7/h11-12,22-26,36H,1-2,13-21H2,3-10H3/t22?,23-,24-,25+,26?,32-,33?/m0/s1. The van der Waals surface area contributed by atoms with E-state index in [2.05, 4.69) is 33.9 Å². The van der Waals surface area contributed by atoms with E-state index in [1.165, 1.54) is 0 Å². The molecule has 8 heteroatoms. The first-order chi connectivity index (χ1) is 19.1. The molecule has 0 aromatic carbocycles. The van der Waals surface area contributed by atoms with Crippen LogP contribution >= 0.6 is 0 Å². The Morgan fingerprint density at radius 3 is 2.41 bits per heavy atom. The van der Waals surface area contributed by atoms with Crippen molar-refractivity contribution in [2.24, 2.45) is 23.2 Å². The fraction of sp³-hybridized carbons (Fsp3) is 0.788. The molecule has 3 saturated heterocycles. The second kappa shape index (κ2) is 12.2. The predicted octanol–water partition coefficient (Wildman–Crippen LogP) is 4.90. The first-order valence-electron chi connectivity index (χ1n) is 15.4. The average molecular weight is 575 g/mol. The number of aliphatic hydroxyl groups is 1. The quantitative estimate of drug-likeness (QED) is 0.180. The first-order valence-corrected chi connectivity index (χ1v) is 15.4. The monoisotopic (exact) mass is 574 g/mol. The van der Waals surface area contributed by atoms with Gasteiger partial charge in [0.15, 0.2) is 0 Å². The van der Waals surface area contributed by atoms with Gasteiger partial charge in [0, 0.05) is 12.1 Å². The molecule has 0 aromatic rings. The van der Waals surface area contributed by atoms with Crippen molar-refractivity contribution in [3.63, 3.8) is 0 Å². The summed E-state index contributed by atoms with van der Waals surface area (Å²) in [5.74, 6) is -2.73. The van der Waals surface area contributed by atoms with Crippen molar-refractivity contribution >= 4 is 17.8 Å². The number of amides is 2. The van der Waals surface area contributed by atoms with Gasteiger partial charge in [0.25, 0.3) is 0 Å². The van der Waals surface area contributed by atoms with E-state index < -0.39 is 46.6 Å². The van der Waals surface area contributed by atoms with Crippen LogP contribution in [0.25, 0.3) is 0 Å². The van der Waals surface area contributed by atoms with Gasteiger partial charge >= 0.3 is 5.97 Å². The summed E-state index contributed by atoms with van der Waals surface area (Å²) in [5.41, 5.74) is -2.73. The zero-order valence-corrected chi connectivity index (χ0v) is 26.7. The van der Waals surface area contributed by atoms with Crippen molar-refractivity contribution in [1.29, 1.82) is 0 Å². The van der Waals surface area contributed by atoms with Gasteiger partial charge in [-0.2, -0.15) is 0 Å². The number of hydrogen-bond donors (Lipinski definition) is 1. The summed E-state index contributed by atoms with van der Waals surface area (Å²) in [5, 5.41) is 10.4. The molecule has 7 atom stereocenters. The van der Waals surface area contributed by atoms with E-state index in [1.54, 1.807) is 11.0 Å². The molecule has 3 aliphatic heterocycles. The molecule has 3 unspecified atom stereocenters. The van der Waals surface area contributed by atoms with Crippen LogP contribution in [-0.2, 0) is 23.9 Å². The Balaban J connectivity index is 2.09. The summed E-state index contributed by atoms with van der Waals surface area (Å²) in [6.07, 6.45) is 7.62. The zero-order chi connectivity index (χ0) is 31.0. The lowest BCUT2D eigenvalue weighted by Crippen LogP contribution is -2.62. The highest BCUT2D eigenvalue weighted by atomic mass is 16.6. The third kappa shape index (κ3) is 5.88. The summed E-state index contributed by atoms with van der Waals surface area (Å²) in [7, 11) is 0. The van der Waals surface area contributed by atoms with Crippen LogP contribution in [0.15, 0.2) is 25.3 Å². The number of carbonyl (C=O) groups is 3. The van der Waals surface area contributed by atoms with E-state index in [1.807, 2.05) is 45.6 Å². The van der Waals surface area contributed by atoms with Crippen LogP contribution in [-0.4, -0.2) is 81.3 Å². The lowest BCUT2D eigenvalue weighted by Gasteiger charge is -2.46. The van der Waals surface area contributed by atoms with Crippen LogP contribution in [0, 0.1) is 23.2 Å². The second-order valence-electron chi connectivity index (χ2n) is 14.4. The SMILES string of the molecule is C=CCCCCOC(=O)[C@H]1[C@H]2C(=O)N([C@@H](CC)CO)C(C(=O)N(CC=C)C(C)(C)CC(C)(C)C)C23CC(C)[C@]1(C)O3. The normalized spacial score (nSPS) is 31.6. The highest BCUT2D eigenvalue weighted by Crippen LogP contribution is 2.66. The smallest absolute Gasteiger partial charge is 0.312 e. The number of carbonyl (C=O) groups excluding carboxylic acids is 3. The summed E-state index contributed by atoms with van der Waals surface area (Å²) in [6, 6.07) is -1.54. The number of nitrogens with zero attached hydrogens (tertiary/aromatic N) is 2. The van der Waals surface area contributed by atoms with Crippen molar-refractivity contribution in [3.05, 3.63) is 25.3 Å². The lowest BCUT2D eigenvalue weighted by molar-refractivity contribution is -0.165. The van der Waals surface area contributed by atoms with E-state index in [4.69, 9.17) is 9.47 Å². The molecule has 3 heterocycles. The molecule has 3 fully saturated rings. The minimum Gasteiger partial charge on any atom is -0.465 e. The van der Waals surface area contributed by atoms with Crippen LogP contribution in [0.2, 0.25) is 0 Å². The molecule has 2 amide bonds. The number of unbranched alkanes of at least 4 members (excludes halogenated alkanes) is 2. The third-order valence-corrected chi connectivity index (χ3v) is 9.63. The van der Waals surface area contributed by atoms with Crippen LogP contribution in [0.1, 0.15) is 93.9 Å². The molecule has 3 rings (SSSR count). The molecule has 0 aliphatic carbocycles. The fourth-order valence-electron chi connectivity index (χ4n) is 8.08. The fourth-order valence-corrected chi connectivity index (χ4v) is 8.08. The van der Waals surface area contributed by atoms with Crippen LogP contribution in [0.5, 0.6) is 0 Å². The largest absolute Gasteiger partial charge is 0.465 e. The molecule has 1 spiro atoms. The molecule has 0 radical (unpaired) electrons. The maximum absolute atomic E-state index is 14.8. The highest BCUT2D eigenvalue weighted by molar-refractivity contribution is 5.99. The predicted molar refractivity (Wildman–Crippen MR) is 160 cm³/mol. The van der Waals surface area contributed by atoms with Crippen LogP contribution in [0.3, 0.4) is 0 Å². The van der Waals surface area contributed by atoms with Crippen molar-refractivity contribution in [2.75, 3.05) is 19.8 Å². The Morgan fingerprint density at radius 2 is 1.88 bits per heavy atom. The summed E-state index contributed by atoms with van der Waals surface area (Å²) < 4.78 is 12.6. The Kier molecular flexibility index (Phi) is 9.91. The molecule has 41 heavy (non-hydrogen) atoms. The number of allylic oxidation sites excluding steroid dienone is 1. The van der Waals surface area contributed by atoms with Crippen molar-refractivity contribution in [2.45, 2.75) is 123 Å². The van der Waals surface area contributed by atoms with Gasteiger partial charge in [-0.15, -0.1) is 13.2 Å². The van der Waals surface area contributed by atoms with Crippen molar-refractivity contribution in [3.8, 4) is 0 Å². The number of aliphatic hydroxyl groups excluding tert-OH is 1. The Morgan fingerprint density at radius 1 is 1.22 bits per heavy atom. The number of hydrogen-bond acceptors (Lipinski definition) is 6. The zero-order valence-electron chi connectivity index (χ0n) is 26.7. The molecule has 3 aliphatic rings. The molecule has 2 bridgehead atoms. The molecule has 0 aromatic heterocycles. The highest BCUT2D eigenvalue weighted by Gasteiger charge is 2.81. The Hall–Kier alpha value is -2.19. The topological polar surface area (TPSA) is 96.4 Å². The second-order valence-corrected chi connectivity index (χ2v) is 14.4. The minimum absolute atomic E-state index is 0.0584. The van der Waals surface area contributed by atoms with Gasteiger partial charge in [-0.05, 0) is 70.6 Å². The van der Waals surface area contributed by atoms with Crippen molar-refractivity contribution in [1.82, 2.24) is 9.80 Å². The van der Waals surface area contributed by atoms with E-state index in [0.717, 1.165) is 19.3 Å². The molecule has 8 nitrogen and oxygen atoms in total. The molecular weight excluding hydrogens is 520 g/mol. The van der Waals surface area contributed by atoms with Gasteiger partial charge in [-0.3, -0.25) is 14.4 Å². The van der Waals surface area contributed by atoms with Crippen LogP contribution < -0.4 is 0 Å². The number of fused-ring (bicyclic) bond motifs is 1. The van der Waals surface area contributed by atoms with Gasteiger partial charge in [-0.25, -0.2) is 0 Å². The van der Waals surface area contributed by atoms with E-state index >= 15 is 0 Å². The lowest BCUT2D eigenvalue weighted by atomic mass is 9.62. The number of rotatable bonds is 14. The summed E-state index contributed by atoms with van der Waals surface area (Å²) >= 11 is 0.